The van der Waals surface area contributed by atoms with Crippen LogP contribution in [0.1, 0.15) is 51.6 Å². The molecule has 1 aromatic rings. The Kier molecular flexibility index (Phi) is 6.37. The predicted molar refractivity (Wildman–Crippen MR) is 119 cm³/mol. The van der Waals surface area contributed by atoms with E-state index in [-0.39, 0.29) is 23.7 Å². The molecule has 0 aromatic heterocycles. The van der Waals surface area contributed by atoms with Gasteiger partial charge in [0.25, 0.3) is 5.91 Å². The lowest BCUT2D eigenvalue weighted by atomic mass is 9.74. The molecule has 4 unspecified atom stereocenters. The zero-order valence-electron chi connectivity index (χ0n) is 19.1. The Labute approximate surface area is 185 Å². The molecule has 4 rings (SSSR count). The molecular weight excluding hydrogens is 392 g/mol. The summed E-state index contributed by atoms with van der Waals surface area (Å²) in [7, 11) is 1.63. The fourth-order valence-corrected chi connectivity index (χ4v) is 5.28. The van der Waals surface area contributed by atoms with Gasteiger partial charge in [-0.15, -0.1) is 0 Å². The number of carbonyl (C=O) groups excluding carboxylic acids is 2. The van der Waals surface area contributed by atoms with Crippen molar-refractivity contribution in [2.24, 2.45) is 11.8 Å². The van der Waals surface area contributed by atoms with Crippen LogP contribution in [0.25, 0.3) is 0 Å². The minimum Gasteiger partial charge on any atom is -0.497 e. The first-order valence-corrected chi connectivity index (χ1v) is 11.6. The number of Topliss-reactive ketones (excluding diaryl/α,β-unsaturated/α-hetero) is 1. The maximum atomic E-state index is 13.7. The van der Waals surface area contributed by atoms with Crippen molar-refractivity contribution in [1.82, 2.24) is 9.80 Å². The molecule has 2 heterocycles. The van der Waals surface area contributed by atoms with E-state index in [4.69, 9.17) is 9.47 Å². The molecule has 1 aromatic carbocycles. The quantitative estimate of drug-likeness (QED) is 0.667. The van der Waals surface area contributed by atoms with Crippen LogP contribution in [0.5, 0.6) is 5.75 Å². The van der Waals surface area contributed by atoms with Gasteiger partial charge in [-0.2, -0.15) is 0 Å². The van der Waals surface area contributed by atoms with Gasteiger partial charge in [0.1, 0.15) is 11.9 Å². The molecule has 31 heavy (non-hydrogen) atoms. The van der Waals surface area contributed by atoms with Crippen LogP contribution in [0.2, 0.25) is 0 Å². The zero-order chi connectivity index (χ0) is 22.1. The lowest BCUT2D eigenvalue weighted by Gasteiger charge is -2.37. The largest absolute Gasteiger partial charge is 0.497 e. The number of fused-ring (bicyclic) bond motifs is 1. The first-order chi connectivity index (χ1) is 15.0. The zero-order valence-corrected chi connectivity index (χ0v) is 19.1. The molecule has 6 nitrogen and oxygen atoms in total. The predicted octanol–water partition coefficient (Wildman–Crippen LogP) is 3.58. The smallest absolute Gasteiger partial charge is 0.290 e. The third kappa shape index (κ3) is 3.98. The molecule has 1 fully saturated rings. The van der Waals surface area contributed by atoms with Crippen molar-refractivity contribution < 1.29 is 19.1 Å². The Morgan fingerprint density at radius 2 is 1.84 bits per heavy atom. The number of rotatable bonds is 7. The molecule has 0 bridgehead atoms. The third-order valence-corrected chi connectivity index (χ3v) is 7.19. The highest BCUT2D eigenvalue weighted by Gasteiger charge is 2.52. The van der Waals surface area contributed by atoms with Gasteiger partial charge >= 0.3 is 0 Å². The lowest BCUT2D eigenvalue weighted by Crippen LogP contribution is -2.41. The summed E-state index contributed by atoms with van der Waals surface area (Å²) in [5.74, 6) is 1.38. The average Bonchev–Trinajstić information content (AvgIpc) is 3.07. The second-order valence-electron chi connectivity index (χ2n) is 8.99. The number of ketones is 1. The number of benzene rings is 1. The monoisotopic (exact) mass is 426 g/mol. The highest BCUT2D eigenvalue weighted by molar-refractivity contribution is 6.11. The molecule has 0 spiro atoms. The van der Waals surface area contributed by atoms with Gasteiger partial charge in [-0.25, -0.2) is 0 Å². The fraction of sp³-hybridized carbons (Fsp3) is 0.600. The number of ether oxygens (including phenoxy) is 2. The molecule has 0 N–H and O–H groups in total. The number of amides is 1. The van der Waals surface area contributed by atoms with E-state index in [1.807, 2.05) is 29.2 Å². The summed E-state index contributed by atoms with van der Waals surface area (Å²) in [6, 6.07) is 7.30. The minimum absolute atomic E-state index is 0.109. The Hall–Kier alpha value is -2.34. The van der Waals surface area contributed by atoms with E-state index in [2.05, 4.69) is 25.7 Å². The third-order valence-electron chi connectivity index (χ3n) is 7.19. The molecule has 4 atom stereocenters. The SMILES string of the molecule is CCN(CC)CCN1C(=O)C2=C(C(=O)C3CC(C)CCC3O2)C1c1ccc(OC)cc1. The fourth-order valence-electron chi connectivity index (χ4n) is 5.28. The van der Waals surface area contributed by atoms with Gasteiger partial charge in [0.2, 0.25) is 0 Å². The Balaban J connectivity index is 1.70. The highest BCUT2D eigenvalue weighted by Crippen LogP contribution is 2.47. The van der Waals surface area contributed by atoms with Crippen LogP contribution in [0.4, 0.5) is 0 Å². The van der Waals surface area contributed by atoms with E-state index in [0.717, 1.165) is 50.2 Å². The van der Waals surface area contributed by atoms with Gasteiger partial charge in [0.05, 0.1) is 24.6 Å². The molecule has 168 valence electrons. The number of methoxy groups -OCH3 is 1. The van der Waals surface area contributed by atoms with Gasteiger partial charge < -0.3 is 19.3 Å². The molecule has 2 aliphatic heterocycles. The second-order valence-corrected chi connectivity index (χ2v) is 8.99. The summed E-state index contributed by atoms with van der Waals surface area (Å²) < 4.78 is 11.6. The average molecular weight is 427 g/mol. The summed E-state index contributed by atoms with van der Waals surface area (Å²) in [5.41, 5.74) is 1.49. The van der Waals surface area contributed by atoms with Gasteiger partial charge in [0, 0.05) is 13.1 Å². The van der Waals surface area contributed by atoms with E-state index >= 15 is 0 Å². The van der Waals surface area contributed by atoms with Gasteiger partial charge in [-0.05, 0) is 56.0 Å². The number of carbonyl (C=O) groups is 2. The summed E-state index contributed by atoms with van der Waals surface area (Å²) in [6.07, 6.45) is 2.56. The maximum Gasteiger partial charge on any atom is 0.290 e. The summed E-state index contributed by atoms with van der Waals surface area (Å²) in [6.45, 7) is 9.63. The van der Waals surface area contributed by atoms with Crippen molar-refractivity contribution >= 4 is 11.7 Å². The van der Waals surface area contributed by atoms with Gasteiger partial charge in [-0.3, -0.25) is 9.59 Å². The Morgan fingerprint density at radius 3 is 2.48 bits per heavy atom. The summed E-state index contributed by atoms with van der Waals surface area (Å²) in [4.78, 5) is 31.3. The van der Waals surface area contributed by atoms with Crippen LogP contribution in [-0.2, 0) is 14.3 Å². The number of nitrogens with zero attached hydrogens (tertiary/aromatic N) is 2. The van der Waals surface area contributed by atoms with Crippen molar-refractivity contribution in [2.45, 2.75) is 52.2 Å². The van der Waals surface area contributed by atoms with Crippen molar-refractivity contribution in [3.05, 3.63) is 41.2 Å². The second kappa shape index (κ2) is 9.03. The molecule has 1 aliphatic carbocycles. The number of hydrogen-bond donors (Lipinski definition) is 0. The van der Waals surface area contributed by atoms with Crippen molar-refractivity contribution in [3.63, 3.8) is 0 Å². The van der Waals surface area contributed by atoms with Crippen LogP contribution < -0.4 is 4.74 Å². The van der Waals surface area contributed by atoms with Gasteiger partial charge in [-0.1, -0.05) is 32.9 Å². The molecular formula is C25H34N2O4. The first kappa shape index (κ1) is 21.9. The summed E-state index contributed by atoms with van der Waals surface area (Å²) in [5, 5.41) is 0. The van der Waals surface area contributed by atoms with Crippen LogP contribution in [0, 0.1) is 11.8 Å². The lowest BCUT2D eigenvalue weighted by molar-refractivity contribution is -0.136. The highest BCUT2D eigenvalue weighted by atomic mass is 16.5. The van der Waals surface area contributed by atoms with E-state index in [9.17, 15) is 9.59 Å². The molecule has 0 radical (unpaired) electrons. The van der Waals surface area contributed by atoms with E-state index in [0.29, 0.717) is 23.8 Å². The minimum atomic E-state index is -0.394. The maximum absolute atomic E-state index is 13.7. The van der Waals surface area contributed by atoms with Crippen LogP contribution >= 0.6 is 0 Å². The van der Waals surface area contributed by atoms with Crippen molar-refractivity contribution in [1.29, 1.82) is 0 Å². The Morgan fingerprint density at radius 1 is 1.13 bits per heavy atom. The van der Waals surface area contributed by atoms with E-state index in [1.165, 1.54) is 0 Å². The van der Waals surface area contributed by atoms with Crippen molar-refractivity contribution in [3.8, 4) is 5.75 Å². The molecule has 1 amide bonds. The first-order valence-electron chi connectivity index (χ1n) is 11.6. The standard InChI is InChI=1S/C25H34N2O4/c1-5-26(6-2)13-14-27-22(17-8-10-18(30-4)11-9-17)21-23(28)19-15-16(3)7-12-20(19)31-24(21)25(27)29/h8-11,16,19-20,22H,5-7,12-15H2,1-4H3. The van der Waals surface area contributed by atoms with Crippen LogP contribution in [-0.4, -0.2) is 60.9 Å². The van der Waals surface area contributed by atoms with Crippen molar-refractivity contribution in [2.75, 3.05) is 33.3 Å². The topological polar surface area (TPSA) is 59.1 Å². The van der Waals surface area contributed by atoms with Crippen LogP contribution in [0.3, 0.4) is 0 Å². The number of likely N-dealkylation sites (N-methyl/N-ethyl adjacent to an activating group) is 1. The van der Waals surface area contributed by atoms with E-state index < -0.39 is 6.04 Å². The Bertz CT molecular complexity index is 859. The normalized spacial score (nSPS) is 28.0. The number of hydrogen-bond acceptors (Lipinski definition) is 5. The molecule has 6 heteroatoms. The van der Waals surface area contributed by atoms with Crippen LogP contribution in [0.15, 0.2) is 35.6 Å². The molecule has 1 saturated carbocycles. The molecule has 0 saturated heterocycles. The summed E-state index contributed by atoms with van der Waals surface area (Å²) >= 11 is 0. The van der Waals surface area contributed by atoms with Gasteiger partial charge in [0.15, 0.2) is 11.5 Å². The molecule has 3 aliphatic rings. The van der Waals surface area contributed by atoms with E-state index in [1.54, 1.807) is 7.11 Å².